The molecule has 3 unspecified atom stereocenters. The first kappa shape index (κ1) is 13.6. The number of Topliss-reactive ketones (excluding diaryl/α,β-unsaturated/α-hetero) is 1. The van der Waals surface area contributed by atoms with Gasteiger partial charge in [-0.15, -0.1) is 0 Å². The Kier molecular flexibility index (Phi) is 6.81. The van der Waals surface area contributed by atoms with E-state index in [4.69, 9.17) is 5.73 Å². The largest absolute Gasteiger partial charge is 0.328 e. The predicted octanol–water partition coefficient (Wildman–Crippen LogP) is 2.76. The molecule has 14 heavy (non-hydrogen) atoms. The van der Waals surface area contributed by atoms with Crippen LogP contribution in [0.3, 0.4) is 0 Å². The lowest BCUT2D eigenvalue weighted by Crippen LogP contribution is -2.20. The van der Waals surface area contributed by atoms with Gasteiger partial charge in [-0.1, -0.05) is 27.2 Å². The number of ketones is 1. The zero-order valence-electron chi connectivity index (χ0n) is 10.0. The summed E-state index contributed by atoms with van der Waals surface area (Å²) < 4.78 is 0. The summed E-state index contributed by atoms with van der Waals surface area (Å²) in [5.41, 5.74) is 5.66. The van der Waals surface area contributed by atoms with Crippen LogP contribution in [-0.4, -0.2) is 11.8 Å². The first-order valence-corrected chi connectivity index (χ1v) is 5.78. The lowest BCUT2D eigenvalue weighted by atomic mass is 9.89. The molecule has 0 saturated heterocycles. The summed E-state index contributed by atoms with van der Waals surface area (Å²) in [6.45, 7) is 8.14. The number of rotatable bonds is 7. The standard InChI is InChI=1S/C12H25NO/c1-5-9(2)12(14)10(3)7-6-8-11(4)13/h9-11H,5-8,13H2,1-4H3. The highest BCUT2D eigenvalue weighted by molar-refractivity contribution is 5.82. The second kappa shape index (κ2) is 6.99. The third-order valence-electron chi connectivity index (χ3n) is 2.88. The maximum atomic E-state index is 11.7. The van der Waals surface area contributed by atoms with E-state index in [-0.39, 0.29) is 17.9 Å². The Morgan fingerprint density at radius 3 is 2.14 bits per heavy atom. The van der Waals surface area contributed by atoms with Crippen molar-refractivity contribution in [3.63, 3.8) is 0 Å². The van der Waals surface area contributed by atoms with Crippen molar-refractivity contribution in [2.75, 3.05) is 0 Å². The maximum Gasteiger partial charge on any atom is 0.138 e. The molecule has 0 fully saturated rings. The summed E-state index contributed by atoms with van der Waals surface area (Å²) in [6, 6.07) is 0.265. The van der Waals surface area contributed by atoms with Gasteiger partial charge in [-0.05, 0) is 26.2 Å². The Hall–Kier alpha value is -0.370. The van der Waals surface area contributed by atoms with Gasteiger partial charge >= 0.3 is 0 Å². The van der Waals surface area contributed by atoms with Crippen molar-refractivity contribution in [2.24, 2.45) is 17.6 Å². The minimum atomic E-state index is 0.212. The zero-order chi connectivity index (χ0) is 11.1. The molecule has 0 heterocycles. The average Bonchev–Trinajstić information content (AvgIpc) is 2.14. The Morgan fingerprint density at radius 1 is 1.14 bits per heavy atom. The van der Waals surface area contributed by atoms with Gasteiger partial charge in [-0.3, -0.25) is 4.79 Å². The van der Waals surface area contributed by atoms with Crippen molar-refractivity contribution in [3.8, 4) is 0 Å². The van der Waals surface area contributed by atoms with Crippen LogP contribution in [0.5, 0.6) is 0 Å². The molecular weight excluding hydrogens is 174 g/mol. The van der Waals surface area contributed by atoms with Gasteiger partial charge < -0.3 is 5.73 Å². The van der Waals surface area contributed by atoms with Crippen molar-refractivity contribution in [3.05, 3.63) is 0 Å². The van der Waals surface area contributed by atoms with Gasteiger partial charge in [0.05, 0.1) is 0 Å². The second-order valence-electron chi connectivity index (χ2n) is 4.52. The van der Waals surface area contributed by atoms with Crippen LogP contribution < -0.4 is 5.73 Å². The minimum Gasteiger partial charge on any atom is -0.328 e. The van der Waals surface area contributed by atoms with Crippen molar-refractivity contribution >= 4 is 5.78 Å². The monoisotopic (exact) mass is 199 g/mol. The van der Waals surface area contributed by atoms with Crippen LogP contribution >= 0.6 is 0 Å². The van der Waals surface area contributed by atoms with Crippen LogP contribution in [0.4, 0.5) is 0 Å². The predicted molar refractivity (Wildman–Crippen MR) is 61.1 cm³/mol. The molecular formula is C12H25NO. The van der Waals surface area contributed by atoms with E-state index in [1.165, 1.54) is 0 Å². The van der Waals surface area contributed by atoms with E-state index in [1.807, 2.05) is 20.8 Å². The molecule has 0 aromatic heterocycles. The first-order valence-electron chi connectivity index (χ1n) is 5.78. The van der Waals surface area contributed by atoms with Gasteiger partial charge in [0.2, 0.25) is 0 Å². The van der Waals surface area contributed by atoms with E-state index in [0.29, 0.717) is 5.78 Å². The van der Waals surface area contributed by atoms with Crippen molar-refractivity contribution in [1.82, 2.24) is 0 Å². The number of carbonyl (C=O) groups excluding carboxylic acids is 1. The quantitative estimate of drug-likeness (QED) is 0.685. The van der Waals surface area contributed by atoms with Crippen LogP contribution in [-0.2, 0) is 4.79 Å². The van der Waals surface area contributed by atoms with Gasteiger partial charge in [-0.2, -0.15) is 0 Å². The van der Waals surface area contributed by atoms with E-state index < -0.39 is 0 Å². The molecule has 0 aliphatic carbocycles. The summed E-state index contributed by atoms with van der Waals surface area (Å²) in [5, 5.41) is 0. The summed E-state index contributed by atoms with van der Waals surface area (Å²) in [4.78, 5) is 11.7. The molecule has 0 aromatic carbocycles. The van der Waals surface area contributed by atoms with Crippen LogP contribution in [0.25, 0.3) is 0 Å². The summed E-state index contributed by atoms with van der Waals surface area (Å²) in [5.74, 6) is 0.848. The molecule has 84 valence electrons. The fourth-order valence-corrected chi connectivity index (χ4v) is 1.58. The first-order chi connectivity index (χ1) is 6.49. The number of nitrogens with two attached hydrogens (primary N) is 1. The smallest absolute Gasteiger partial charge is 0.138 e. The van der Waals surface area contributed by atoms with Crippen LogP contribution in [0.2, 0.25) is 0 Å². The Balaban J connectivity index is 3.73. The van der Waals surface area contributed by atoms with Crippen LogP contribution in [0.15, 0.2) is 0 Å². The van der Waals surface area contributed by atoms with Crippen molar-refractivity contribution in [1.29, 1.82) is 0 Å². The van der Waals surface area contributed by atoms with Gasteiger partial charge in [0.25, 0.3) is 0 Å². The molecule has 2 heteroatoms. The maximum absolute atomic E-state index is 11.7. The summed E-state index contributed by atoms with van der Waals surface area (Å²) >= 11 is 0. The van der Waals surface area contributed by atoms with Gasteiger partial charge in [-0.25, -0.2) is 0 Å². The fourth-order valence-electron chi connectivity index (χ4n) is 1.58. The molecule has 0 saturated carbocycles. The van der Waals surface area contributed by atoms with Crippen LogP contribution in [0, 0.1) is 11.8 Å². The molecule has 3 atom stereocenters. The molecule has 0 aliphatic heterocycles. The third-order valence-corrected chi connectivity index (χ3v) is 2.88. The molecule has 0 aliphatic rings. The Morgan fingerprint density at radius 2 is 1.71 bits per heavy atom. The van der Waals surface area contributed by atoms with Crippen molar-refractivity contribution in [2.45, 2.75) is 59.4 Å². The van der Waals surface area contributed by atoms with Gasteiger partial charge in [0, 0.05) is 17.9 Å². The normalized spacial score (nSPS) is 17.5. The minimum absolute atomic E-state index is 0.212. The highest BCUT2D eigenvalue weighted by Crippen LogP contribution is 2.16. The second-order valence-corrected chi connectivity index (χ2v) is 4.52. The number of carbonyl (C=O) groups is 1. The number of hydrogen-bond acceptors (Lipinski definition) is 2. The number of hydrogen-bond donors (Lipinski definition) is 1. The molecule has 0 radical (unpaired) electrons. The summed E-state index contributed by atoms with van der Waals surface area (Å²) in [6.07, 6.45) is 4.04. The zero-order valence-corrected chi connectivity index (χ0v) is 10.0. The lowest BCUT2D eigenvalue weighted by molar-refractivity contribution is -0.126. The van der Waals surface area contributed by atoms with E-state index in [1.54, 1.807) is 0 Å². The molecule has 2 nitrogen and oxygen atoms in total. The molecule has 2 N–H and O–H groups in total. The van der Waals surface area contributed by atoms with Crippen molar-refractivity contribution < 1.29 is 4.79 Å². The average molecular weight is 199 g/mol. The topological polar surface area (TPSA) is 43.1 Å². The van der Waals surface area contributed by atoms with E-state index in [2.05, 4.69) is 6.92 Å². The SMILES string of the molecule is CCC(C)C(=O)C(C)CCCC(C)N. The highest BCUT2D eigenvalue weighted by Gasteiger charge is 2.17. The molecule has 0 spiro atoms. The Labute approximate surface area is 88.3 Å². The summed E-state index contributed by atoms with van der Waals surface area (Å²) in [7, 11) is 0. The van der Waals surface area contributed by atoms with E-state index in [9.17, 15) is 4.79 Å². The Bertz CT molecular complexity index is 166. The van der Waals surface area contributed by atoms with Gasteiger partial charge in [0.15, 0.2) is 0 Å². The molecule has 0 rings (SSSR count). The van der Waals surface area contributed by atoms with Crippen LogP contribution in [0.1, 0.15) is 53.4 Å². The fraction of sp³-hybridized carbons (Fsp3) is 0.917. The highest BCUT2D eigenvalue weighted by atomic mass is 16.1. The van der Waals surface area contributed by atoms with E-state index >= 15 is 0 Å². The third kappa shape index (κ3) is 5.38. The van der Waals surface area contributed by atoms with E-state index in [0.717, 1.165) is 25.7 Å². The molecule has 0 aromatic rings. The molecule has 0 amide bonds. The van der Waals surface area contributed by atoms with Gasteiger partial charge in [0.1, 0.15) is 5.78 Å². The lowest BCUT2D eigenvalue weighted by Gasteiger charge is -2.15. The molecule has 0 bridgehead atoms.